The molecule has 0 amide bonds. The predicted molar refractivity (Wildman–Crippen MR) is 92.9 cm³/mol. The number of hydrogen-bond acceptors (Lipinski definition) is 2. The Hall–Kier alpha value is -1.32. The molecule has 1 atom stereocenters. The lowest BCUT2D eigenvalue weighted by atomic mass is 10.1. The molecule has 21 heavy (non-hydrogen) atoms. The molecule has 0 aliphatic rings. The van der Waals surface area contributed by atoms with Gasteiger partial charge in [0.1, 0.15) is 8.07 Å². The van der Waals surface area contributed by atoms with Crippen molar-refractivity contribution in [3.8, 4) is 0 Å². The molecule has 1 unspecified atom stereocenters. The normalized spacial score (nSPS) is 13.6. The van der Waals surface area contributed by atoms with E-state index in [-0.39, 0.29) is 0 Å². The van der Waals surface area contributed by atoms with Gasteiger partial charge in [-0.15, -0.1) is 0 Å². The van der Waals surface area contributed by atoms with E-state index in [2.05, 4.69) is 74.9 Å². The van der Waals surface area contributed by atoms with Crippen LogP contribution in [0, 0.1) is 0 Å². The summed E-state index contributed by atoms with van der Waals surface area (Å²) in [5, 5.41) is 1.20. The maximum atomic E-state index is 5.80. The van der Waals surface area contributed by atoms with Crippen LogP contribution in [0.5, 0.6) is 0 Å². The second kappa shape index (κ2) is 6.63. The Bertz CT molecular complexity index is 556. The molecule has 0 saturated heterocycles. The summed E-state index contributed by atoms with van der Waals surface area (Å²) in [4.78, 5) is 2.39. The quantitative estimate of drug-likeness (QED) is 0.748. The molecule has 1 aromatic carbocycles. The molecule has 1 heterocycles. The molecule has 0 bridgehead atoms. The molecule has 2 aromatic rings. The number of furan rings is 1. The first-order valence-corrected chi connectivity index (χ1v) is 11.2. The Morgan fingerprint density at radius 1 is 1.14 bits per heavy atom. The van der Waals surface area contributed by atoms with Gasteiger partial charge in [-0.1, -0.05) is 50.0 Å². The molecule has 0 aliphatic carbocycles. The van der Waals surface area contributed by atoms with Crippen LogP contribution in [-0.4, -0.2) is 26.6 Å². The molecule has 114 valence electrons. The van der Waals surface area contributed by atoms with Crippen molar-refractivity contribution in [3.05, 3.63) is 53.8 Å². The molecule has 0 N–H and O–H groups in total. The third-order valence-corrected chi connectivity index (χ3v) is 5.84. The van der Waals surface area contributed by atoms with E-state index in [0.29, 0.717) is 6.04 Å². The topological polar surface area (TPSA) is 16.4 Å². The largest absolute Gasteiger partial charge is 0.474 e. The number of benzene rings is 1. The predicted octanol–water partition coefficient (Wildman–Crippen LogP) is 4.06. The van der Waals surface area contributed by atoms with Crippen LogP contribution in [0.2, 0.25) is 19.6 Å². The van der Waals surface area contributed by atoms with Crippen molar-refractivity contribution >= 4 is 13.5 Å². The fourth-order valence-electron chi connectivity index (χ4n) is 2.36. The standard InChI is InChI=1S/C18H27NOSi/c1-15(17-13-18(20-14-17)21(3,4)5)19(2)12-11-16-9-7-6-8-10-16/h6-10,13-15H,11-12H2,1-5H3. The summed E-state index contributed by atoms with van der Waals surface area (Å²) in [5.41, 5.74) is 2.69. The number of nitrogens with zero attached hydrogens (tertiary/aromatic N) is 1. The molecular formula is C18H27NOSi. The molecule has 0 saturated carbocycles. The van der Waals surface area contributed by atoms with Crippen LogP contribution >= 0.6 is 0 Å². The number of rotatable bonds is 6. The van der Waals surface area contributed by atoms with Crippen LogP contribution in [0.1, 0.15) is 24.1 Å². The van der Waals surface area contributed by atoms with Crippen molar-refractivity contribution in [1.82, 2.24) is 4.90 Å². The zero-order valence-electron chi connectivity index (χ0n) is 13.9. The summed E-state index contributed by atoms with van der Waals surface area (Å²) in [6, 6.07) is 13.3. The van der Waals surface area contributed by atoms with Gasteiger partial charge in [0.25, 0.3) is 0 Å². The van der Waals surface area contributed by atoms with E-state index in [1.54, 1.807) is 0 Å². The minimum atomic E-state index is -1.35. The van der Waals surface area contributed by atoms with Gasteiger partial charge in [0.2, 0.25) is 0 Å². The van der Waals surface area contributed by atoms with E-state index in [0.717, 1.165) is 13.0 Å². The van der Waals surface area contributed by atoms with Gasteiger partial charge in [0, 0.05) is 18.2 Å². The van der Waals surface area contributed by atoms with Crippen LogP contribution in [-0.2, 0) is 6.42 Å². The second-order valence-electron chi connectivity index (χ2n) is 6.89. The summed E-state index contributed by atoms with van der Waals surface area (Å²) in [7, 11) is 0.840. The molecule has 0 fully saturated rings. The van der Waals surface area contributed by atoms with Crippen LogP contribution in [0.25, 0.3) is 0 Å². The maximum absolute atomic E-state index is 5.80. The highest BCUT2D eigenvalue weighted by Gasteiger charge is 2.23. The zero-order chi connectivity index (χ0) is 15.5. The summed E-state index contributed by atoms with van der Waals surface area (Å²) in [5.74, 6) is 0. The lowest BCUT2D eigenvalue weighted by molar-refractivity contribution is 0.264. The summed E-state index contributed by atoms with van der Waals surface area (Å²) < 4.78 is 5.80. The zero-order valence-corrected chi connectivity index (χ0v) is 14.9. The van der Waals surface area contributed by atoms with E-state index in [4.69, 9.17) is 4.42 Å². The van der Waals surface area contributed by atoms with Crippen molar-refractivity contribution < 1.29 is 4.42 Å². The van der Waals surface area contributed by atoms with Crippen molar-refractivity contribution in [2.75, 3.05) is 13.6 Å². The van der Waals surface area contributed by atoms with Gasteiger partial charge in [-0.05, 0) is 32.0 Å². The van der Waals surface area contributed by atoms with Crippen molar-refractivity contribution in [2.24, 2.45) is 0 Å². The summed E-state index contributed by atoms with van der Waals surface area (Å²) in [6.45, 7) is 10.3. The van der Waals surface area contributed by atoms with E-state index < -0.39 is 8.07 Å². The molecule has 2 rings (SSSR count). The molecule has 0 spiro atoms. The lowest BCUT2D eigenvalue weighted by Gasteiger charge is -2.23. The van der Waals surface area contributed by atoms with Crippen LogP contribution in [0.4, 0.5) is 0 Å². The fraction of sp³-hybridized carbons (Fsp3) is 0.444. The van der Waals surface area contributed by atoms with E-state index in [1.807, 2.05) is 6.26 Å². The third-order valence-electron chi connectivity index (χ3n) is 4.10. The van der Waals surface area contributed by atoms with E-state index in [9.17, 15) is 0 Å². The van der Waals surface area contributed by atoms with Gasteiger partial charge in [-0.25, -0.2) is 0 Å². The van der Waals surface area contributed by atoms with Crippen molar-refractivity contribution in [1.29, 1.82) is 0 Å². The van der Waals surface area contributed by atoms with Gasteiger partial charge in [-0.3, -0.25) is 4.90 Å². The SMILES string of the molecule is CC(c1coc([Si](C)(C)C)c1)N(C)CCc1ccccc1. The van der Waals surface area contributed by atoms with Gasteiger partial charge >= 0.3 is 0 Å². The highest BCUT2D eigenvalue weighted by molar-refractivity contribution is 6.87. The smallest absolute Gasteiger partial charge is 0.123 e. The molecule has 1 aromatic heterocycles. The Morgan fingerprint density at radius 3 is 2.38 bits per heavy atom. The van der Waals surface area contributed by atoms with Crippen LogP contribution in [0.15, 0.2) is 47.1 Å². The summed E-state index contributed by atoms with van der Waals surface area (Å²) >= 11 is 0. The van der Waals surface area contributed by atoms with Crippen LogP contribution < -0.4 is 5.38 Å². The Balaban J connectivity index is 1.96. The molecule has 2 nitrogen and oxygen atoms in total. The fourth-order valence-corrected chi connectivity index (χ4v) is 3.37. The van der Waals surface area contributed by atoms with Crippen molar-refractivity contribution in [3.63, 3.8) is 0 Å². The van der Waals surface area contributed by atoms with Crippen LogP contribution in [0.3, 0.4) is 0 Å². The average Bonchev–Trinajstić information content (AvgIpc) is 2.95. The Kier molecular flexibility index (Phi) is 5.07. The lowest BCUT2D eigenvalue weighted by Crippen LogP contribution is -2.36. The summed E-state index contributed by atoms with van der Waals surface area (Å²) in [6.07, 6.45) is 3.03. The first-order valence-electron chi connectivity index (χ1n) is 7.71. The van der Waals surface area contributed by atoms with Gasteiger partial charge in [-0.2, -0.15) is 0 Å². The molecule has 0 radical (unpaired) electrons. The highest BCUT2D eigenvalue weighted by Crippen LogP contribution is 2.20. The highest BCUT2D eigenvalue weighted by atomic mass is 28.3. The molecule has 3 heteroatoms. The number of likely N-dealkylation sites (N-methyl/N-ethyl adjacent to an activating group) is 1. The third kappa shape index (κ3) is 4.32. The first kappa shape index (κ1) is 16.1. The monoisotopic (exact) mass is 301 g/mol. The van der Waals surface area contributed by atoms with Gasteiger partial charge in [0.15, 0.2) is 0 Å². The minimum Gasteiger partial charge on any atom is -0.474 e. The van der Waals surface area contributed by atoms with E-state index in [1.165, 1.54) is 16.5 Å². The Morgan fingerprint density at radius 2 is 1.81 bits per heavy atom. The van der Waals surface area contributed by atoms with E-state index >= 15 is 0 Å². The first-order chi connectivity index (χ1) is 9.88. The second-order valence-corrected chi connectivity index (χ2v) is 11.9. The van der Waals surface area contributed by atoms with Gasteiger partial charge in [0.05, 0.1) is 11.6 Å². The Labute approximate surface area is 129 Å². The average molecular weight is 302 g/mol. The molecule has 0 aliphatic heterocycles. The maximum Gasteiger partial charge on any atom is 0.123 e. The molecular weight excluding hydrogens is 274 g/mol. The van der Waals surface area contributed by atoms with Gasteiger partial charge < -0.3 is 4.42 Å². The number of hydrogen-bond donors (Lipinski definition) is 0. The van der Waals surface area contributed by atoms with Crippen molar-refractivity contribution in [2.45, 2.75) is 39.0 Å². The minimum absolute atomic E-state index is 0.391.